The van der Waals surface area contributed by atoms with Crippen molar-refractivity contribution >= 4 is 11.6 Å². The van der Waals surface area contributed by atoms with Crippen LogP contribution < -0.4 is 0 Å². The minimum Gasteiger partial charge on any atom is -0.504 e. The monoisotopic (exact) mass is 222 g/mol. The second-order valence-electron chi connectivity index (χ2n) is 3.54. The Labute approximate surface area is 91.3 Å². The molecule has 1 aromatic rings. The average Bonchev–Trinajstić information content (AvgIpc) is 2.26. The van der Waals surface area contributed by atoms with Crippen LogP contribution in [0.1, 0.15) is 18.1 Å². The molecular formula is C11H10O5. The zero-order valence-corrected chi connectivity index (χ0v) is 8.34. The first-order valence-electron chi connectivity index (χ1n) is 4.80. The van der Waals surface area contributed by atoms with Crippen molar-refractivity contribution in [1.82, 2.24) is 0 Å². The Morgan fingerprint density at radius 3 is 2.62 bits per heavy atom. The fourth-order valence-corrected chi connectivity index (χ4v) is 1.57. The second-order valence-corrected chi connectivity index (χ2v) is 3.54. The molecule has 0 spiro atoms. The maximum atomic E-state index is 11.5. The van der Waals surface area contributed by atoms with Gasteiger partial charge in [-0.25, -0.2) is 0 Å². The number of rotatable bonds is 1. The summed E-state index contributed by atoms with van der Waals surface area (Å²) in [5, 5.41) is 18.4. The van der Waals surface area contributed by atoms with E-state index in [0.29, 0.717) is 5.56 Å². The van der Waals surface area contributed by atoms with Gasteiger partial charge in [-0.2, -0.15) is 0 Å². The van der Waals surface area contributed by atoms with Crippen molar-refractivity contribution in [2.75, 3.05) is 6.61 Å². The number of hydrogen-bond donors (Lipinski definition) is 2. The van der Waals surface area contributed by atoms with E-state index in [9.17, 15) is 14.7 Å². The molecule has 1 aromatic carbocycles. The van der Waals surface area contributed by atoms with Gasteiger partial charge in [0, 0.05) is 6.42 Å². The SMILES string of the molecule is O=C1CCOC(c2ccc(O)c(O)c2)C1=O. The highest BCUT2D eigenvalue weighted by molar-refractivity contribution is 6.39. The van der Waals surface area contributed by atoms with Crippen LogP contribution in [0.2, 0.25) is 0 Å². The Bertz CT molecular complexity index is 452. The number of ether oxygens (including phenoxy) is 1. The summed E-state index contributed by atoms with van der Waals surface area (Å²) in [6.45, 7) is 0.191. The topological polar surface area (TPSA) is 83.8 Å². The largest absolute Gasteiger partial charge is 0.504 e. The van der Waals surface area contributed by atoms with Gasteiger partial charge in [-0.15, -0.1) is 0 Å². The van der Waals surface area contributed by atoms with Gasteiger partial charge in [-0.05, 0) is 17.7 Å². The normalized spacial score (nSPS) is 21.1. The van der Waals surface area contributed by atoms with Crippen LogP contribution in [0.5, 0.6) is 11.5 Å². The van der Waals surface area contributed by atoms with Crippen molar-refractivity contribution < 1.29 is 24.5 Å². The lowest BCUT2D eigenvalue weighted by atomic mass is 9.99. The third-order valence-corrected chi connectivity index (χ3v) is 2.43. The van der Waals surface area contributed by atoms with Crippen molar-refractivity contribution in [1.29, 1.82) is 0 Å². The van der Waals surface area contributed by atoms with E-state index in [0.717, 1.165) is 0 Å². The van der Waals surface area contributed by atoms with E-state index in [1.807, 2.05) is 0 Å². The molecule has 1 heterocycles. The molecule has 1 aliphatic heterocycles. The maximum absolute atomic E-state index is 11.5. The molecule has 1 aliphatic rings. The fourth-order valence-electron chi connectivity index (χ4n) is 1.57. The minimum absolute atomic E-state index is 0.0966. The van der Waals surface area contributed by atoms with Gasteiger partial charge < -0.3 is 14.9 Å². The first-order valence-corrected chi connectivity index (χ1v) is 4.80. The fraction of sp³-hybridized carbons (Fsp3) is 0.273. The average molecular weight is 222 g/mol. The van der Waals surface area contributed by atoms with Crippen molar-refractivity contribution in [2.24, 2.45) is 0 Å². The molecule has 2 N–H and O–H groups in total. The molecule has 1 fully saturated rings. The molecule has 0 saturated carbocycles. The number of aromatic hydroxyl groups is 2. The molecule has 5 heteroatoms. The Kier molecular flexibility index (Phi) is 2.62. The summed E-state index contributed by atoms with van der Waals surface area (Å²) in [6, 6.07) is 3.91. The molecule has 0 radical (unpaired) electrons. The molecule has 2 rings (SSSR count). The summed E-state index contributed by atoms with van der Waals surface area (Å²) in [7, 11) is 0. The lowest BCUT2D eigenvalue weighted by Crippen LogP contribution is -2.30. The van der Waals surface area contributed by atoms with Crippen LogP contribution in [0.15, 0.2) is 18.2 Å². The van der Waals surface area contributed by atoms with Crippen molar-refractivity contribution in [2.45, 2.75) is 12.5 Å². The zero-order valence-electron chi connectivity index (χ0n) is 8.34. The van der Waals surface area contributed by atoms with Crippen molar-refractivity contribution in [3.05, 3.63) is 23.8 Å². The smallest absolute Gasteiger partial charge is 0.231 e. The first kappa shape index (κ1) is 10.6. The number of ketones is 2. The van der Waals surface area contributed by atoms with Gasteiger partial charge in [0.2, 0.25) is 11.6 Å². The number of Topliss-reactive ketones (excluding diaryl/α,β-unsaturated/α-hetero) is 2. The molecule has 0 amide bonds. The minimum atomic E-state index is -0.965. The Morgan fingerprint density at radius 1 is 1.19 bits per heavy atom. The first-order chi connectivity index (χ1) is 7.59. The van der Waals surface area contributed by atoms with E-state index in [4.69, 9.17) is 9.84 Å². The van der Waals surface area contributed by atoms with Crippen LogP contribution in [0, 0.1) is 0 Å². The molecule has 5 nitrogen and oxygen atoms in total. The zero-order chi connectivity index (χ0) is 11.7. The van der Waals surface area contributed by atoms with Crippen molar-refractivity contribution in [3.8, 4) is 11.5 Å². The third kappa shape index (κ3) is 1.77. The van der Waals surface area contributed by atoms with E-state index < -0.39 is 17.7 Å². The molecule has 1 unspecified atom stereocenters. The summed E-state index contributed by atoms with van der Waals surface area (Å²) in [6.07, 6.45) is -0.868. The standard InChI is InChI=1S/C11H10O5/c12-7-2-1-6(5-9(7)14)11-10(15)8(13)3-4-16-11/h1-2,5,11-12,14H,3-4H2. The van der Waals surface area contributed by atoms with Crippen LogP contribution in [-0.4, -0.2) is 28.4 Å². The van der Waals surface area contributed by atoms with Crippen LogP contribution in [0.4, 0.5) is 0 Å². The van der Waals surface area contributed by atoms with E-state index in [2.05, 4.69) is 0 Å². The summed E-state index contributed by atoms with van der Waals surface area (Å²) in [5.74, 6) is -1.70. The lowest BCUT2D eigenvalue weighted by molar-refractivity contribution is -0.150. The van der Waals surface area contributed by atoms with Crippen LogP contribution in [-0.2, 0) is 14.3 Å². The predicted octanol–water partition coefficient (Wildman–Crippen LogP) is 0.697. The number of carbonyl (C=O) groups is 2. The lowest BCUT2D eigenvalue weighted by Gasteiger charge is -2.20. The maximum Gasteiger partial charge on any atom is 0.231 e. The molecular weight excluding hydrogens is 212 g/mol. The van der Waals surface area contributed by atoms with E-state index in [-0.39, 0.29) is 24.5 Å². The van der Waals surface area contributed by atoms with Gasteiger partial charge in [-0.3, -0.25) is 9.59 Å². The van der Waals surface area contributed by atoms with Gasteiger partial charge in [-0.1, -0.05) is 6.07 Å². The Morgan fingerprint density at radius 2 is 1.94 bits per heavy atom. The van der Waals surface area contributed by atoms with E-state index >= 15 is 0 Å². The van der Waals surface area contributed by atoms with Crippen molar-refractivity contribution in [3.63, 3.8) is 0 Å². The van der Waals surface area contributed by atoms with Gasteiger partial charge in [0.1, 0.15) is 6.10 Å². The molecule has 1 atom stereocenters. The molecule has 0 aliphatic carbocycles. The van der Waals surface area contributed by atoms with Crippen LogP contribution >= 0.6 is 0 Å². The highest BCUT2D eigenvalue weighted by Gasteiger charge is 2.31. The number of hydrogen-bond acceptors (Lipinski definition) is 5. The second kappa shape index (κ2) is 3.94. The summed E-state index contributed by atoms with van der Waals surface area (Å²) in [4.78, 5) is 22.7. The third-order valence-electron chi connectivity index (χ3n) is 2.43. The van der Waals surface area contributed by atoms with Gasteiger partial charge in [0.25, 0.3) is 0 Å². The number of benzene rings is 1. The molecule has 0 bridgehead atoms. The summed E-state index contributed by atoms with van der Waals surface area (Å²) >= 11 is 0. The van der Waals surface area contributed by atoms with Gasteiger partial charge in [0.05, 0.1) is 6.61 Å². The molecule has 84 valence electrons. The van der Waals surface area contributed by atoms with E-state index in [1.165, 1.54) is 18.2 Å². The highest BCUT2D eigenvalue weighted by Crippen LogP contribution is 2.31. The van der Waals surface area contributed by atoms with Gasteiger partial charge >= 0.3 is 0 Å². The quantitative estimate of drug-likeness (QED) is 0.539. The molecule has 0 aromatic heterocycles. The van der Waals surface area contributed by atoms with E-state index in [1.54, 1.807) is 0 Å². The molecule has 1 saturated heterocycles. The van der Waals surface area contributed by atoms with Gasteiger partial charge in [0.15, 0.2) is 11.5 Å². The Hall–Kier alpha value is -1.88. The summed E-state index contributed by atoms with van der Waals surface area (Å²) in [5.41, 5.74) is 0.369. The molecule has 16 heavy (non-hydrogen) atoms. The number of phenolic OH excluding ortho intramolecular Hbond substituents is 2. The number of carbonyl (C=O) groups excluding carboxylic acids is 2. The number of phenols is 2. The van der Waals surface area contributed by atoms with Crippen LogP contribution in [0.3, 0.4) is 0 Å². The predicted molar refractivity (Wildman–Crippen MR) is 53.1 cm³/mol. The summed E-state index contributed by atoms with van der Waals surface area (Å²) < 4.78 is 5.18. The highest BCUT2D eigenvalue weighted by atomic mass is 16.5. The van der Waals surface area contributed by atoms with Crippen LogP contribution in [0.25, 0.3) is 0 Å². The Balaban J connectivity index is 2.32.